The predicted molar refractivity (Wildman–Crippen MR) is 107 cm³/mol. The fraction of sp³-hybridized carbons (Fsp3) is 0.647. The summed E-state index contributed by atoms with van der Waals surface area (Å²) in [5.74, 6) is 1.69. The molecule has 1 aliphatic heterocycles. The van der Waals surface area contributed by atoms with Gasteiger partial charge in [-0.2, -0.15) is 0 Å². The zero-order valence-corrected chi connectivity index (χ0v) is 17.3. The zero-order valence-electron chi connectivity index (χ0n) is 15.0. The Bertz CT molecular complexity index is 546. The summed E-state index contributed by atoms with van der Waals surface area (Å²) < 4.78 is 11.1. The normalized spacial score (nSPS) is 17.3. The van der Waals surface area contributed by atoms with Gasteiger partial charge in [0.2, 0.25) is 0 Å². The van der Waals surface area contributed by atoms with Gasteiger partial charge in [0.25, 0.3) is 0 Å². The highest BCUT2D eigenvalue weighted by Crippen LogP contribution is 2.24. The van der Waals surface area contributed by atoms with Crippen molar-refractivity contribution in [3.8, 4) is 5.75 Å². The minimum absolute atomic E-state index is 0. The molecular weight excluding hydrogens is 419 g/mol. The summed E-state index contributed by atoms with van der Waals surface area (Å²) >= 11 is 0. The van der Waals surface area contributed by atoms with Crippen molar-refractivity contribution >= 4 is 29.9 Å². The van der Waals surface area contributed by atoms with Crippen molar-refractivity contribution in [1.82, 2.24) is 15.6 Å². The maximum Gasteiger partial charge on any atom is 0.191 e. The number of nitrogens with zero attached hydrogens (tertiary/aromatic N) is 2. The fourth-order valence-corrected chi connectivity index (χ4v) is 2.74. The van der Waals surface area contributed by atoms with Gasteiger partial charge in [0.15, 0.2) is 5.96 Å². The van der Waals surface area contributed by atoms with E-state index in [-0.39, 0.29) is 30.1 Å². The van der Waals surface area contributed by atoms with Gasteiger partial charge in [-0.25, -0.2) is 4.99 Å². The molecule has 0 amide bonds. The van der Waals surface area contributed by atoms with E-state index in [1.807, 2.05) is 20.0 Å². The Hall–Kier alpha value is -1.09. The van der Waals surface area contributed by atoms with Crippen molar-refractivity contribution < 1.29 is 9.47 Å². The van der Waals surface area contributed by atoms with Crippen molar-refractivity contribution in [1.29, 1.82) is 0 Å². The third-order valence-electron chi connectivity index (χ3n) is 4.00. The van der Waals surface area contributed by atoms with Crippen LogP contribution in [0.15, 0.2) is 11.2 Å². The first-order valence-corrected chi connectivity index (χ1v) is 8.28. The molecule has 1 fully saturated rings. The van der Waals surface area contributed by atoms with Gasteiger partial charge in [-0.15, -0.1) is 24.0 Å². The number of ether oxygens (including phenoxy) is 2. The molecule has 2 rings (SSSR count). The molecule has 0 aromatic carbocycles. The largest absolute Gasteiger partial charge is 0.496 e. The first-order chi connectivity index (χ1) is 11.2. The molecule has 1 aromatic rings. The van der Waals surface area contributed by atoms with Crippen LogP contribution in [0.3, 0.4) is 0 Å². The number of guanidine groups is 1. The van der Waals surface area contributed by atoms with Crippen LogP contribution in [0.5, 0.6) is 5.75 Å². The van der Waals surface area contributed by atoms with Gasteiger partial charge in [-0.05, 0) is 33.6 Å². The zero-order chi connectivity index (χ0) is 16.7. The number of aryl methyl sites for hydroxylation is 1. The Balaban J connectivity index is 0.00000288. The fourth-order valence-electron chi connectivity index (χ4n) is 2.74. The topological polar surface area (TPSA) is 67.8 Å². The van der Waals surface area contributed by atoms with Gasteiger partial charge >= 0.3 is 0 Å². The lowest BCUT2D eigenvalue weighted by molar-refractivity contribution is 0.114. The molecule has 136 valence electrons. The number of hydrogen-bond acceptors (Lipinski definition) is 4. The van der Waals surface area contributed by atoms with E-state index in [1.165, 1.54) is 0 Å². The molecule has 7 heteroatoms. The first kappa shape index (κ1) is 21.0. The monoisotopic (exact) mass is 448 g/mol. The highest BCUT2D eigenvalue weighted by molar-refractivity contribution is 14.0. The second-order valence-electron chi connectivity index (χ2n) is 5.76. The van der Waals surface area contributed by atoms with Gasteiger partial charge in [0, 0.05) is 37.0 Å². The number of pyridine rings is 1. The first-order valence-electron chi connectivity index (χ1n) is 8.28. The van der Waals surface area contributed by atoms with Crippen LogP contribution in [0.25, 0.3) is 0 Å². The maximum absolute atomic E-state index is 5.63. The molecule has 0 saturated carbocycles. The molecule has 0 radical (unpaired) electrons. The number of nitrogens with one attached hydrogen (secondary N) is 2. The van der Waals surface area contributed by atoms with Gasteiger partial charge in [-0.3, -0.25) is 4.98 Å². The van der Waals surface area contributed by atoms with Crippen LogP contribution < -0.4 is 15.4 Å². The summed E-state index contributed by atoms with van der Waals surface area (Å²) in [6, 6.07) is 0. The standard InChI is InChI=1S/C17H28N4O2.HI/c1-5-18-17(20-10-14-7-6-8-23-14)21-11-15-13(3)16(22-4)12(2)9-19-15;/h9,14H,5-8,10-11H2,1-4H3,(H2,18,20,21);1H. The molecular formula is C17H29IN4O2. The van der Waals surface area contributed by atoms with Gasteiger partial charge in [0.05, 0.1) is 25.5 Å². The molecule has 2 N–H and O–H groups in total. The molecule has 1 aromatic heterocycles. The lowest BCUT2D eigenvalue weighted by atomic mass is 10.1. The average molecular weight is 448 g/mol. The Morgan fingerprint density at radius 1 is 1.42 bits per heavy atom. The molecule has 2 heterocycles. The molecule has 6 nitrogen and oxygen atoms in total. The highest BCUT2D eigenvalue weighted by atomic mass is 127. The van der Waals surface area contributed by atoms with E-state index in [9.17, 15) is 0 Å². The predicted octanol–water partition coefficient (Wildman–Crippen LogP) is 2.56. The lowest BCUT2D eigenvalue weighted by Gasteiger charge is -2.15. The molecule has 24 heavy (non-hydrogen) atoms. The van der Waals surface area contributed by atoms with E-state index in [0.29, 0.717) is 6.54 Å². The number of hydrogen-bond donors (Lipinski definition) is 2. The quantitative estimate of drug-likeness (QED) is 0.398. The van der Waals surface area contributed by atoms with Crippen molar-refractivity contribution in [3.63, 3.8) is 0 Å². The number of methoxy groups -OCH3 is 1. The molecule has 1 aliphatic rings. The molecule has 0 bridgehead atoms. The van der Waals surface area contributed by atoms with Crippen LogP contribution in [0.4, 0.5) is 0 Å². The molecule has 0 aliphatic carbocycles. The van der Waals surface area contributed by atoms with Gasteiger partial charge < -0.3 is 20.1 Å². The van der Waals surface area contributed by atoms with Crippen molar-refractivity contribution in [3.05, 3.63) is 23.0 Å². The lowest BCUT2D eigenvalue weighted by Crippen LogP contribution is -2.41. The van der Waals surface area contributed by atoms with Gasteiger partial charge in [0.1, 0.15) is 5.75 Å². The van der Waals surface area contributed by atoms with Gasteiger partial charge in [-0.1, -0.05) is 0 Å². The average Bonchev–Trinajstić information content (AvgIpc) is 3.05. The van der Waals surface area contributed by atoms with Crippen molar-refractivity contribution in [2.75, 3.05) is 26.8 Å². The third kappa shape index (κ3) is 5.77. The Morgan fingerprint density at radius 2 is 2.21 bits per heavy atom. The third-order valence-corrected chi connectivity index (χ3v) is 4.00. The van der Waals surface area contributed by atoms with Crippen LogP contribution in [-0.4, -0.2) is 43.9 Å². The second kappa shape index (κ2) is 10.7. The van der Waals surface area contributed by atoms with Crippen molar-refractivity contribution in [2.24, 2.45) is 4.99 Å². The molecule has 0 spiro atoms. The van der Waals surface area contributed by atoms with Crippen LogP contribution in [0, 0.1) is 13.8 Å². The maximum atomic E-state index is 5.63. The number of rotatable bonds is 6. The Morgan fingerprint density at radius 3 is 2.83 bits per heavy atom. The summed E-state index contributed by atoms with van der Waals surface area (Å²) in [6.45, 7) is 9.07. The van der Waals surface area contributed by atoms with Crippen LogP contribution in [0.1, 0.15) is 36.6 Å². The SMILES string of the molecule is CCNC(=NCc1ncc(C)c(OC)c1C)NCC1CCCO1.I. The summed E-state index contributed by atoms with van der Waals surface area (Å²) in [4.78, 5) is 9.12. The summed E-state index contributed by atoms with van der Waals surface area (Å²) in [7, 11) is 1.69. The second-order valence-corrected chi connectivity index (χ2v) is 5.76. The number of aromatic nitrogens is 1. The Labute approximate surface area is 161 Å². The number of halogens is 1. The van der Waals surface area contributed by atoms with Crippen molar-refractivity contribution in [2.45, 2.75) is 46.3 Å². The van der Waals surface area contributed by atoms with Crippen LogP contribution >= 0.6 is 24.0 Å². The minimum Gasteiger partial charge on any atom is -0.496 e. The molecule has 1 unspecified atom stereocenters. The van der Waals surface area contributed by atoms with E-state index >= 15 is 0 Å². The van der Waals surface area contributed by atoms with E-state index in [2.05, 4.69) is 27.5 Å². The molecule has 1 atom stereocenters. The Kier molecular flexibility index (Phi) is 9.35. The van der Waals surface area contributed by atoms with Crippen LogP contribution in [-0.2, 0) is 11.3 Å². The highest BCUT2D eigenvalue weighted by Gasteiger charge is 2.15. The summed E-state index contributed by atoms with van der Waals surface area (Å²) in [6.07, 6.45) is 4.39. The number of aliphatic imine (C=N–C) groups is 1. The van der Waals surface area contributed by atoms with E-state index in [1.54, 1.807) is 7.11 Å². The summed E-state index contributed by atoms with van der Waals surface area (Å²) in [5, 5.41) is 6.61. The smallest absolute Gasteiger partial charge is 0.191 e. The minimum atomic E-state index is 0. The van der Waals surface area contributed by atoms with E-state index in [4.69, 9.17) is 9.47 Å². The van der Waals surface area contributed by atoms with Crippen LogP contribution in [0.2, 0.25) is 0 Å². The van der Waals surface area contributed by atoms with E-state index < -0.39 is 0 Å². The van der Waals surface area contributed by atoms with E-state index in [0.717, 1.165) is 61.1 Å². The summed E-state index contributed by atoms with van der Waals surface area (Å²) in [5.41, 5.74) is 3.02. The molecule has 1 saturated heterocycles.